The molecular formula is C19H24ClN. The van der Waals surface area contributed by atoms with Crippen molar-refractivity contribution in [2.45, 2.75) is 40.2 Å². The zero-order chi connectivity index (χ0) is 15.4. The lowest BCUT2D eigenvalue weighted by Crippen LogP contribution is -2.19. The highest BCUT2D eigenvalue weighted by atomic mass is 35.5. The van der Waals surface area contributed by atoms with Crippen molar-refractivity contribution in [1.29, 1.82) is 0 Å². The molecule has 0 amide bonds. The van der Waals surface area contributed by atoms with Crippen LogP contribution in [0.5, 0.6) is 0 Å². The van der Waals surface area contributed by atoms with E-state index in [1.807, 2.05) is 6.07 Å². The van der Waals surface area contributed by atoms with E-state index in [2.05, 4.69) is 63.3 Å². The number of halogens is 1. The van der Waals surface area contributed by atoms with Crippen molar-refractivity contribution in [3.05, 3.63) is 58.1 Å². The van der Waals surface area contributed by atoms with Gasteiger partial charge in [-0.3, -0.25) is 0 Å². The first kappa shape index (κ1) is 16.1. The van der Waals surface area contributed by atoms with Gasteiger partial charge in [-0.05, 0) is 66.8 Å². The lowest BCUT2D eigenvalue weighted by atomic mass is 9.96. The Balaban J connectivity index is 2.33. The van der Waals surface area contributed by atoms with Crippen LogP contribution < -0.4 is 5.32 Å². The van der Waals surface area contributed by atoms with Gasteiger partial charge in [-0.2, -0.15) is 0 Å². The van der Waals surface area contributed by atoms with Gasteiger partial charge in [-0.1, -0.05) is 49.7 Å². The van der Waals surface area contributed by atoms with Crippen molar-refractivity contribution < 1.29 is 0 Å². The summed E-state index contributed by atoms with van der Waals surface area (Å²) in [6.45, 7) is 9.53. The molecule has 0 aliphatic rings. The SMILES string of the molecule is CCNC(CC)c1ccc(-c2cc(C)c(Cl)cc2C)cc1. The zero-order valence-corrected chi connectivity index (χ0v) is 14.1. The van der Waals surface area contributed by atoms with Crippen LogP contribution in [0.3, 0.4) is 0 Å². The molecule has 2 rings (SSSR count). The summed E-state index contributed by atoms with van der Waals surface area (Å²) in [7, 11) is 0. The standard InChI is InChI=1S/C19H24ClN/c1-5-19(21-6-2)16-9-7-15(8-10-16)17-11-14(4)18(20)12-13(17)3/h7-12,19,21H,5-6H2,1-4H3. The molecule has 1 unspecified atom stereocenters. The average Bonchev–Trinajstić information content (AvgIpc) is 2.49. The van der Waals surface area contributed by atoms with Gasteiger partial charge in [0.1, 0.15) is 0 Å². The minimum atomic E-state index is 0.442. The van der Waals surface area contributed by atoms with Gasteiger partial charge in [0.25, 0.3) is 0 Å². The second-order valence-corrected chi connectivity index (χ2v) is 5.96. The highest BCUT2D eigenvalue weighted by Crippen LogP contribution is 2.30. The molecule has 0 heterocycles. The monoisotopic (exact) mass is 301 g/mol. The highest BCUT2D eigenvalue weighted by Gasteiger charge is 2.09. The molecule has 112 valence electrons. The van der Waals surface area contributed by atoms with Gasteiger partial charge < -0.3 is 5.32 Å². The average molecular weight is 302 g/mol. The first-order valence-corrected chi connectivity index (χ1v) is 8.05. The van der Waals surface area contributed by atoms with Gasteiger partial charge in [0.2, 0.25) is 0 Å². The molecule has 1 nitrogen and oxygen atoms in total. The minimum absolute atomic E-state index is 0.442. The van der Waals surface area contributed by atoms with Crippen LogP contribution in [0.15, 0.2) is 36.4 Å². The Morgan fingerprint density at radius 3 is 2.24 bits per heavy atom. The summed E-state index contributed by atoms with van der Waals surface area (Å²) in [5.41, 5.74) is 6.21. The number of rotatable bonds is 5. The van der Waals surface area contributed by atoms with Crippen molar-refractivity contribution in [1.82, 2.24) is 5.32 Å². The fourth-order valence-electron chi connectivity index (χ4n) is 2.73. The normalized spacial score (nSPS) is 12.4. The molecule has 0 aliphatic heterocycles. The van der Waals surface area contributed by atoms with E-state index in [0.29, 0.717) is 6.04 Å². The topological polar surface area (TPSA) is 12.0 Å². The van der Waals surface area contributed by atoms with Gasteiger partial charge in [-0.25, -0.2) is 0 Å². The van der Waals surface area contributed by atoms with Crippen molar-refractivity contribution in [2.75, 3.05) is 6.54 Å². The lowest BCUT2D eigenvalue weighted by Gasteiger charge is -2.17. The van der Waals surface area contributed by atoms with E-state index in [1.165, 1.54) is 22.3 Å². The van der Waals surface area contributed by atoms with E-state index in [-0.39, 0.29) is 0 Å². The van der Waals surface area contributed by atoms with Crippen LogP contribution in [0.1, 0.15) is 43.0 Å². The van der Waals surface area contributed by atoms with Crippen molar-refractivity contribution in [3.63, 3.8) is 0 Å². The summed E-state index contributed by atoms with van der Waals surface area (Å²) in [4.78, 5) is 0. The Kier molecular flexibility index (Phi) is 5.44. The van der Waals surface area contributed by atoms with Crippen molar-refractivity contribution >= 4 is 11.6 Å². The summed E-state index contributed by atoms with van der Waals surface area (Å²) >= 11 is 6.19. The second-order valence-electron chi connectivity index (χ2n) is 5.56. The fraction of sp³-hybridized carbons (Fsp3) is 0.368. The maximum Gasteiger partial charge on any atom is 0.0438 e. The van der Waals surface area contributed by atoms with E-state index in [1.54, 1.807) is 0 Å². The largest absolute Gasteiger partial charge is 0.310 e. The van der Waals surface area contributed by atoms with E-state index in [0.717, 1.165) is 23.6 Å². The van der Waals surface area contributed by atoms with Crippen LogP contribution in [0.25, 0.3) is 11.1 Å². The third-order valence-electron chi connectivity index (χ3n) is 3.99. The number of benzene rings is 2. The summed E-state index contributed by atoms with van der Waals surface area (Å²) in [5.74, 6) is 0. The third-order valence-corrected chi connectivity index (χ3v) is 4.40. The Bertz CT molecular complexity index is 602. The van der Waals surface area contributed by atoms with Crippen LogP contribution >= 0.6 is 11.6 Å². The van der Waals surface area contributed by atoms with Crippen LogP contribution in [-0.2, 0) is 0 Å². The molecule has 1 atom stereocenters. The molecule has 0 saturated carbocycles. The molecule has 0 spiro atoms. The Labute approximate surface area is 133 Å². The van der Waals surface area contributed by atoms with Gasteiger partial charge in [0.15, 0.2) is 0 Å². The van der Waals surface area contributed by atoms with Crippen LogP contribution in [0, 0.1) is 13.8 Å². The predicted octanol–water partition coefficient (Wildman–Crippen LogP) is 5.68. The Morgan fingerprint density at radius 1 is 1.00 bits per heavy atom. The van der Waals surface area contributed by atoms with Gasteiger partial charge >= 0.3 is 0 Å². The maximum atomic E-state index is 6.19. The maximum absolute atomic E-state index is 6.19. The number of hydrogen-bond donors (Lipinski definition) is 1. The predicted molar refractivity (Wildman–Crippen MR) is 93.1 cm³/mol. The molecule has 1 N–H and O–H groups in total. The van der Waals surface area contributed by atoms with E-state index in [9.17, 15) is 0 Å². The van der Waals surface area contributed by atoms with Crippen molar-refractivity contribution in [2.24, 2.45) is 0 Å². The molecule has 2 aromatic carbocycles. The highest BCUT2D eigenvalue weighted by molar-refractivity contribution is 6.31. The molecule has 0 fully saturated rings. The van der Waals surface area contributed by atoms with Gasteiger partial charge in [-0.15, -0.1) is 0 Å². The van der Waals surface area contributed by atoms with E-state index < -0.39 is 0 Å². The van der Waals surface area contributed by atoms with Crippen LogP contribution in [0.4, 0.5) is 0 Å². The molecule has 0 aromatic heterocycles. The third kappa shape index (κ3) is 3.66. The molecule has 0 radical (unpaired) electrons. The Morgan fingerprint density at radius 2 is 1.67 bits per heavy atom. The van der Waals surface area contributed by atoms with E-state index in [4.69, 9.17) is 11.6 Å². The van der Waals surface area contributed by atoms with Crippen LogP contribution in [0.2, 0.25) is 5.02 Å². The quantitative estimate of drug-likeness (QED) is 0.748. The fourth-order valence-corrected chi connectivity index (χ4v) is 2.95. The minimum Gasteiger partial charge on any atom is -0.310 e. The molecule has 2 heteroatoms. The first-order chi connectivity index (χ1) is 10.1. The van der Waals surface area contributed by atoms with E-state index >= 15 is 0 Å². The summed E-state index contributed by atoms with van der Waals surface area (Å²) in [5, 5.41) is 4.36. The molecule has 21 heavy (non-hydrogen) atoms. The summed E-state index contributed by atoms with van der Waals surface area (Å²) in [6.07, 6.45) is 1.10. The number of hydrogen-bond acceptors (Lipinski definition) is 1. The smallest absolute Gasteiger partial charge is 0.0438 e. The van der Waals surface area contributed by atoms with Crippen molar-refractivity contribution in [3.8, 4) is 11.1 Å². The summed E-state index contributed by atoms with van der Waals surface area (Å²) in [6, 6.07) is 13.6. The summed E-state index contributed by atoms with van der Waals surface area (Å²) < 4.78 is 0. The molecule has 0 aliphatic carbocycles. The lowest BCUT2D eigenvalue weighted by molar-refractivity contribution is 0.537. The van der Waals surface area contributed by atoms with Gasteiger partial charge in [0.05, 0.1) is 0 Å². The molecule has 2 aromatic rings. The number of aryl methyl sites for hydroxylation is 2. The molecular weight excluding hydrogens is 278 g/mol. The Hall–Kier alpha value is -1.31. The first-order valence-electron chi connectivity index (χ1n) is 7.67. The van der Waals surface area contributed by atoms with Crippen LogP contribution in [-0.4, -0.2) is 6.54 Å². The molecule has 0 saturated heterocycles. The number of nitrogens with one attached hydrogen (secondary N) is 1. The zero-order valence-electron chi connectivity index (χ0n) is 13.3. The molecule has 0 bridgehead atoms. The second kappa shape index (κ2) is 7.11. The van der Waals surface area contributed by atoms with Gasteiger partial charge in [0, 0.05) is 11.1 Å².